The number of phenols is 1. The molecule has 2 aromatic carbocycles. The maximum Gasteiger partial charge on any atom is 0.374 e. The van der Waals surface area contributed by atoms with Gasteiger partial charge in [0.2, 0.25) is 0 Å². The van der Waals surface area contributed by atoms with Crippen LogP contribution in [0.2, 0.25) is 0 Å². The zero-order valence-electron chi connectivity index (χ0n) is 9.13. The molecule has 0 amide bonds. The van der Waals surface area contributed by atoms with Crippen molar-refractivity contribution in [2.24, 2.45) is 0 Å². The zero-order chi connectivity index (χ0) is 12.1. The summed E-state index contributed by atoms with van der Waals surface area (Å²) in [4.78, 5) is 0. The molecule has 0 radical (unpaired) electrons. The normalized spacial score (nSPS) is 9.35. The van der Waals surface area contributed by atoms with Crippen LogP contribution in [0.4, 0.5) is 0 Å². The van der Waals surface area contributed by atoms with Gasteiger partial charge in [0.15, 0.2) is 5.75 Å². The molecule has 0 bridgehead atoms. The van der Waals surface area contributed by atoms with Crippen molar-refractivity contribution in [3.05, 3.63) is 54.1 Å². The molecule has 1 N–H and O–H groups in total. The first kappa shape index (κ1) is 11.1. The van der Waals surface area contributed by atoms with Crippen LogP contribution < -0.4 is 10.1 Å². The average molecular weight is 223 g/mol. The van der Waals surface area contributed by atoms with Crippen LogP contribution in [0.15, 0.2) is 48.5 Å². The van der Waals surface area contributed by atoms with Crippen molar-refractivity contribution in [1.82, 2.24) is 0 Å². The Bertz CT molecular complexity index is 546. The van der Waals surface area contributed by atoms with Gasteiger partial charge < -0.3 is 9.76 Å². The first-order chi connectivity index (χ1) is 8.29. The SMILES string of the molecule is N#Cc1ccc(BOc2ccccc2O)cc1. The Morgan fingerprint density at radius 1 is 1.06 bits per heavy atom. The number of phenolic OH excluding ortho intramolecular Hbond substituents is 1. The molecule has 0 saturated heterocycles. The molecule has 2 aromatic rings. The van der Waals surface area contributed by atoms with Crippen molar-refractivity contribution < 1.29 is 9.76 Å². The molecule has 0 heterocycles. The van der Waals surface area contributed by atoms with Gasteiger partial charge in [-0.3, -0.25) is 0 Å². The van der Waals surface area contributed by atoms with Gasteiger partial charge in [0.25, 0.3) is 0 Å². The lowest BCUT2D eigenvalue weighted by Gasteiger charge is -2.06. The summed E-state index contributed by atoms with van der Waals surface area (Å²) in [5.41, 5.74) is 1.57. The topological polar surface area (TPSA) is 53.2 Å². The summed E-state index contributed by atoms with van der Waals surface area (Å²) in [5, 5.41) is 18.2. The van der Waals surface area contributed by atoms with Crippen LogP contribution in [0.5, 0.6) is 11.5 Å². The Morgan fingerprint density at radius 2 is 1.76 bits per heavy atom. The fourth-order valence-corrected chi connectivity index (χ4v) is 1.42. The van der Waals surface area contributed by atoms with Crippen molar-refractivity contribution in [3.8, 4) is 17.6 Å². The van der Waals surface area contributed by atoms with Crippen molar-refractivity contribution in [1.29, 1.82) is 5.26 Å². The Balaban J connectivity index is 2.03. The zero-order valence-corrected chi connectivity index (χ0v) is 9.13. The molecule has 2 rings (SSSR count). The summed E-state index contributed by atoms with van der Waals surface area (Å²) >= 11 is 0. The molecule has 17 heavy (non-hydrogen) atoms. The molecular weight excluding hydrogens is 213 g/mol. The highest BCUT2D eigenvalue weighted by atomic mass is 16.4. The highest BCUT2D eigenvalue weighted by Crippen LogP contribution is 2.23. The molecular formula is C13H10BNO2. The Labute approximate surface area is 100 Å². The quantitative estimate of drug-likeness (QED) is 0.798. The molecule has 0 unspecified atom stereocenters. The third kappa shape index (κ3) is 2.79. The number of hydrogen-bond acceptors (Lipinski definition) is 3. The van der Waals surface area contributed by atoms with E-state index in [1.165, 1.54) is 0 Å². The van der Waals surface area contributed by atoms with E-state index in [9.17, 15) is 5.11 Å². The molecule has 0 saturated carbocycles. The molecule has 0 aliphatic heterocycles. The van der Waals surface area contributed by atoms with E-state index < -0.39 is 0 Å². The van der Waals surface area contributed by atoms with Gasteiger partial charge in [-0.25, -0.2) is 0 Å². The minimum atomic E-state index is 0.126. The highest BCUT2D eigenvalue weighted by molar-refractivity contribution is 6.47. The van der Waals surface area contributed by atoms with E-state index in [0.29, 0.717) is 18.8 Å². The number of nitrogens with zero attached hydrogens (tertiary/aromatic N) is 1. The molecule has 0 spiro atoms. The van der Waals surface area contributed by atoms with E-state index in [1.54, 1.807) is 36.4 Å². The Hall–Kier alpha value is -2.41. The van der Waals surface area contributed by atoms with Gasteiger partial charge in [-0.2, -0.15) is 5.26 Å². The van der Waals surface area contributed by atoms with Crippen LogP contribution in [0, 0.1) is 11.3 Å². The summed E-state index contributed by atoms with van der Waals surface area (Å²) in [7, 11) is 0.364. The maximum atomic E-state index is 9.50. The highest BCUT2D eigenvalue weighted by Gasteiger charge is 2.03. The molecule has 0 aliphatic carbocycles. The number of aromatic hydroxyl groups is 1. The summed E-state index contributed by atoms with van der Waals surface area (Å²) in [6, 6.07) is 16.0. The second kappa shape index (κ2) is 5.08. The third-order valence-corrected chi connectivity index (χ3v) is 2.34. The fourth-order valence-electron chi connectivity index (χ4n) is 1.42. The summed E-state index contributed by atoms with van der Waals surface area (Å²) in [6.07, 6.45) is 0. The van der Waals surface area contributed by atoms with Crippen LogP contribution in [0.3, 0.4) is 0 Å². The van der Waals surface area contributed by atoms with Gasteiger partial charge in [-0.05, 0) is 29.7 Å². The lowest BCUT2D eigenvalue weighted by molar-refractivity contribution is 0.444. The van der Waals surface area contributed by atoms with Gasteiger partial charge in [-0.15, -0.1) is 0 Å². The van der Waals surface area contributed by atoms with Crippen LogP contribution in [0.1, 0.15) is 5.56 Å². The molecule has 4 heteroatoms. The standard InChI is InChI=1S/C13H10BNO2/c15-9-10-5-7-11(8-6-10)14-17-13-4-2-1-3-12(13)16/h1-8,14,16H. The molecule has 82 valence electrons. The number of para-hydroxylation sites is 2. The van der Waals surface area contributed by atoms with Crippen LogP contribution in [-0.4, -0.2) is 12.6 Å². The monoisotopic (exact) mass is 223 g/mol. The first-order valence-electron chi connectivity index (χ1n) is 5.19. The van der Waals surface area contributed by atoms with Crippen molar-refractivity contribution >= 4 is 12.9 Å². The first-order valence-corrected chi connectivity index (χ1v) is 5.19. The number of hydrogen-bond donors (Lipinski definition) is 1. The fraction of sp³-hybridized carbons (Fsp3) is 0. The van der Waals surface area contributed by atoms with E-state index in [0.717, 1.165) is 5.46 Å². The van der Waals surface area contributed by atoms with E-state index in [2.05, 4.69) is 6.07 Å². The predicted molar refractivity (Wildman–Crippen MR) is 66.7 cm³/mol. The smallest absolute Gasteiger partial charge is 0.374 e. The van der Waals surface area contributed by atoms with E-state index >= 15 is 0 Å². The number of rotatable bonds is 3. The lowest BCUT2D eigenvalue weighted by atomic mass is 9.87. The molecule has 0 aliphatic rings. The van der Waals surface area contributed by atoms with E-state index in [1.807, 2.05) is 12.1 Å². The van der Waals surface area contributed by atoms with Gasteiger partial charge >= 0.3 is 7.48 Å². The second-order valence-electron chi connectivity index (χ2n) is 3.57. The summed E-state index contributed by atoms with van der Waals surface area (Å²) < 4.78 is 5.46. The second-order valence-corrected chi connectivity index (χ2v) is 3.57. The largest absolute Gasteiger partial charge is 0.557 e. The average Bonchev–Trinajstić information content (AvgIpc) is 2.38. The van der Waals surface area contributed by atoms with Crippen LogP contribution in [-0.2, 0) is 0 Å². The van der Waals surface area contributed by atoms with Gasteiger partial charge in [-0.1, -0.05) is 24.3 Å². The Kier molecular flexibility index (Phi) is 3.32. The summed E-state index contributed by atoms with van der Waals surface area (Å²) in [5.74, 6) is 0.581. The maximum absolute atomic E-state index is 9.50. The third-order valence-electron chi connectivity index (χ3n) is 2.34. The number of nitriles is 1. The number of benzene rings is 2. The predicted octanol–water partition coefficient (Wildman–Crippen LogP) is 1.32. The van der Waals surface area contributed by atoms with E-state index in [-0.39, 0.29) is 5.75 Å². The molecule has 3 nitrogen and oxygen atoms in total. The molecule has 0 aromatic heterocycles. The minimum absolute atomic E-state index is 0.126. The van der Waals surface area contributed by atoms with Crippen molar-refractivity contribution in [2.75, 3.05) is 0 Å². The van der Waals surface area contributed by atoms with Gasteiger partial charge in [0, 0.05) is 0 Å². The van der Waals surface area contributed by atoms with Gasteiger partial charge in [0.05, 0.1) is 11.6 Å². The van der Waals surface area contributed by atoms with Crippen LogP contribution in [0.25, 0.3) is 0 Å². The van der Waals surface area contributed by atoms with Crippen molar-refractivity contribution in [2.45, 2.75) is 0 Å². The molecule has 0 fully saturated rings. The Morgan fingerprint density at radius 3 is 2.41 bits per heavy atom. The van der Waals surface area contributed by atoms with Crippen molar-refractivity contribution in [3.63, 3.8) is 0 Å². The van der Waals surface area contributed by atoms with Crippen LogP contribution >= 0.6 is 0 Å². The van der Waals surface area contributed by atoms with E-state index in [4.69, 9.17) is 9.92 Å². The van der Waals surface area contributed by atoms with Gasteiger partial charge in [0.1, 0.15) is 5.75 Å². The molecule has 0 atom stereocenters. The minimum Gasteiger partial charge on any atom is -0.557 e. The summed E-state index contributed by atoms with van der Waals surface area (Å²) in [6.45, 7) is 0. The lowest BCUT2D eigenvalue weighted by Crippen LogP contribution is -2.19.